The number of ether oxygens (including phenoxy) is 1. The highest BCUT2D eigenvalue weighted by atomic mass is 16.5. The fraction of sp³-hybridized carbons (Fsp3) is 0.391. The molecule has 2 fully saturated rings. The van der Waals surface area contributed by atoms with Gasteiger partial charge in [0.2, 0.25) is 5.95 Å². The number of nitrogens with zero attached hydrogens (tertiary/aromatic N) is 4. The first kappa shape index (κ1) is 19.7. The number of aryl methyl sites for hydroxylation is 1. The molecule has 0 aromatic carbocycles. The van der Waals surface area contributed by atoms with Crippen molar-refractivity contribution < 1.29 is 4.74 Å². The second-order valence-corrected chi connectivity index (χ2v) is 8.34. The Kier molecular flexibility index (Phi) is 5.38. The van der Waals surface area contributed by atoms with Crippen molar-refractivity contribution in [3.8, 4) is 5.69 Å². The van der Waals surface area contributed by atoms with E-state index in [9.17, 15) is 4.79 Å². The van der Waals surface area contributed by atoms with E-state index in [-0.39, 0.29) is 5.56 Å². The van der Waals surface area contributed by atoms with Crippen LogP contribution in [-0.4, -0.2) is 44.8 Å². The van der Waals surface area contributed by atoms with Gasteiger partial charge in [-0.25, -0.2) is 15.0 Å². The van der Waals surface area contributed by atoms with E-state index in [2.05, 4.69) is 25.6 Å². The quantitative estimate of drug-likeness (QED) is 0.636. The summed E-state index contributed by atoms with van der Waals surface area (Å²) in [6.45, 7) is 3.35. The van der Waals surface area contributed by atoms with Gasteiger partial charge in [0.25, 0.3) is 5.56 Å². The molecule has 2 atom stereocenters. The first-order chi connectivity index (χ1) is 15.2. The van der Waals surface area contributed by atoms with E-state index in [0.717, 1.165) is 49.5 Å². The molecule has 160 valence electrons. The van der Waals surface area contributed by atoms with E-state index in [4.69, 9.17) is 4.74 Å². The fourth-order valence-electron chi connectivity index (χ4n) is 4.11. The standard InChI is InChI=1S/C23H26N6O2/c1-15-3-2-8-29(22(15)30)20-6-7-21(24-12-20)27-18-4-5-19(9-18)28-23-25-10-16(11-26-23)17-13-31-14-17/h2-3,6-8,10-12,17-19H,4-5,9,13-14H2,1H3,(H,24,27)(H,25,26,28)/t18-,19-/m0/s1. The molecule has 0 spiro atoms. The molecule has 0 radical (unpaired) electrons. The maximum absolute atomic E-state index is 12.3. The van der Waals surface area contributed by atoms with Gasteiger partial charge in [-0.3, -0.25) is 9.36 Å². The summed E-state index contributed by atoms with van der Waals surface area (Å²) in [6.07, 6.45) is 10.4. The molecule has 2 aliphatic rings. The summed E-state index contributed by atoms with van der Waals surface area (Å²) >= 11 is 0. The third-order valence-electron chi connectivity index (χ3n) is 6.06. The smallest absolute Gasteiger partial charge is 0.258 e. The summed E-state index contributed by atoms with van der Waals surface area (Å²) in [5, 5.41) is 6.96. The van der Waals surface area contributed by atoms with Crippen molar-refractivity contribution in [3.63, 3.8) is 0 Å². The van der Waals surface area contributed by atoms with Crippen molar-refractivity contribution in [1.82, 2.24) is 19.5 Å². The lowest BCUT2D eigenvalue weighted by Crippen LogP contribution is -2.26. The van der Waals surface area contributed by atoms with Crippen LogP contribution in [0.2, 0.25) is 0 Å². The minimum Gasteiger partial charge on any atom is -0.380 e. The van der Waals surface area contributed by atoms with Crippen molar-refractivity contribution in [2.75, 3.05) is 23.8 Å². The third-order valence-corrected chi connectivity index (χ3v) is 6.06. The average molecular weight is 419 g/mol. The third kappa shape index (κ3) is 4.29. The predicted octanol–water partition coefficient (Wildman–Crippen LogP) is 2.89. The van der Waals surface area contributed by atoms with Crippen LogP contribution in [-0.2, 0) is 4.74 Å². The summed E-state index contributed by atoms with van der Waals surface area (Å²) in [7, 11) is 0. The molecule has 1 saturated carbocycles. The van der Waals surface area contributed by atoms with E-state index in [1.807, 2.05) is 43.6 Å². The first-order valence-electron chi connectivity index (χ1n) is 10.7. The first-order valence-corrected chi connectivity index (χ1v) is 10.7. The molecular weight excluding hydrogens is 392 g/mol. The largest absolute Gasteiger partial charge is 0.380 e. The molecule has 2 N–H and O–H groups in total. The number of rotatable bonds is 6. The van der Waals surface area contributed by atoms with Gasteiger partial charge in [0, 0.05) is 42.2 Å². The summed E-state index contributed by atoms with van der Waals surface area (Å²) in [5.41, 5.74) is 2.60. The number of hydrogen-bond donors (Lipinski definition) is 2. The van der Waals surface area contributed by atoms with Crippen LogP contribution in [0.3, 0.4) is 0 Å². The summed E-state index contributed by atoms with van der Waals surface area (Å²) < 4.78 is 6.84. The second-order valence-electron chi connectivity index (χ2n) is 8.34. The van der Waals surface area contributed by atoms with Gasteiger partial charge in [0.15, 0.2) is 0 Å². The van der Waals surface area contributed by atoms with Crippen LogP contribution in [0.1, 0.15) is 36.3 Å². The van der Waals surface area contributed by atoms with Gasteiger partial charge in [-0.15, -0.1) is 0 Å². The Morgan fingerprint density at radius 1 is 1.00 bits per heavy atom. The van der Waals surface area contributed by atoms with Crippen molar-refractivity contribution in [2.45, 2.75) is 44.2 Å². The molecule has 31 heavy (non-hydrogen) atoms. The predicted molar refractivity (Wildman–Crippen MR) is 119 cm³/mol. The Morgan fingerprint density at radius 3 is 2.45 bits per heavy atom. The van der Waals surface area contributed by atoms with Gasteiger partial charge < -0.3 is 15.4 Å². The second kappa shape index (κ2) is 8.47. The Labute approximate surface area is 180 Å². The monoisotopic (exact) mass is 418 g/mol. The Hall–Kier alpha value is -3.26. The maximum Gasteiger partial charge on any atom is 0.258 e. The van der Waals surface area contributed by atoms with Gasteiger partial charge in [0.05, 0.1) is 25.1 Å². The van der Waals surface area contributed by atoms with E-state index >= 15 is 0 Å². The maximum atomic E-state index is 12.3. The highest BCUT2D eigenvalue weighted by Crippen LogP contribution is 2.26. The van der Waals surface area contributed by atoms with Gasteiger partial charge in [-0.05, 0) is 49.9 Å². The minimum atomic E-state index is -0.0222. The highest BCUT2D eigenvalue weighted by molar-refractivity contribution is 5.42. The van der Waals surface area contributed by atoms with Crippen LogP contribution >= 0.6 is 0 Å². The zero-order valence-corrected chi connectivity index (χ0v) is 17.5. The topological polar surface area (TPSA) is 94.0 Å². The van der Waals surface area contributed by atoms with Gasteiger partial charge in [-0.2, -0.15) is 0 Å². The Morgan fingerprint density at radius 2 is 1.77 bits per heavy atom. The lowest BCUT2D eigenvalue weighted by Gasteiger charge is -2.25. The molecule has 4 heterocycles. The summed E-state index contributed by atoms with van der Waals surface area (Å²) in [5.74, 6) is 1.94. The van der Waals surface area contributed by atoms with Crippen LogP contribution in [0.5, 0.6) is 0 Å². The molecule has 8 heteroatoms. The van der Waals surface area contributed by atoms with Gasteiger partial charge in [0.1, 0.15) is 5.82 Å². The number of hydrogen-bond acceptors (Lipinski definition) is 7. The van der Waals surface area contributed by atoms with E-state index in [1.54, 1.807) is 17.0 Å². The van der Waals surface area contributed by atoms with Gasteiger partial charge >= 0.3 is 0 Å². The van der Waals surface area contributed by atoms with Crippen LogP contribution < -0.4 is 16.2 Å². The molecule has 1 aliphatic heterocycles. The van der Waals surface area contributed by atoms with Crippen molar-refractivity contribution in [1.29, 1.82) is 0 Å². The van der Waals surface area contributed by atoms with Crippen LogP contribution in [0.4, 0.5) is 11.8 Å². The van der Waals surface area contributed by atoms with Crippen molar-refractivity contribution in [3.05, 3.63) is 70.5 Å². The zero-order chi connectivity index (χ0) is 21.2. The summed E-state index contributed by atoms with van der Waals surface area (Å²) in [6, 6.07) is 8.20. The Balaban J connectivity index is 1.16. The normalized spacial score (nSPS) is 20.9. The van der Waals surface area contributed by atoms with Crippen LogP contribution in [0.25, 0.3) is 5.69 Å². The lowest BCUT2D eigenvalue weighted by molar-refractivity contribution is 0.00816. The van der Waals surface area contributed by atoms with E-state index < -0.39 is 0 Å². The molecule has 0 bridgehead atoms. The van der Waals surface area contributed by atoms with Gasteiger partial charge in [-0.1, -0.05) is 6.07 Å². The SMILES string of the molecule is Cc1cccn(-c2ccc(N[C@H]3CC[C@H](Nc4ncc(C5COC5)cn4)C3)nc2)c1=O. The molecule has 0 unspecified atom stereocenters. The molecule has 3 aromatic heterocycles. The minimum absolute atomic E-state index is 0.0222. The average Bonchev–Trinajstić information content (AvgIpc) is 3.18. The van der Waals surface area contributed by atoms with E-state index in [0.29, 0.717) is 29.5 Å². The molecule has 1 aliphatic carbocycles. The van der Waals surface area contributed by atoms with E-state index in [1.165, 1.54) is 0 Å². The molecule has 0 amide bonds. The molecule has 8 nitrogen and oxygen atoms in total. The number of nitrogens with one attached hydrogen (secondary N) is 2. The summed E-state index contributed by atoms with van der Waals surface area (Å²) in [4.78, 5) is 25.7. The van der Waals surface area contributed by atoms with Crippen LogP contribution in [0.15, 0.2) is 53.8 Å². The van der Waals surface area contributed by atoms with Crippen molar-refractivity contribution >= 4 is 11.8 Å². The number of aromatic nitrogens is 4. The zero-order valence-electron chi connectivity index (χ0n) is 17.5. The highest BCUT2D eigenvalue weighted by Gasteiger charge is 2.26. The number of pyridine rings is 2. The molecule has 5 rings (SSSR count). The molecule has 1 saturated heterocycles. The fourth-order valence-corrected chi connectivity index (χ4v) is 4.11. The van der Waals surface area contributed by atoms with Crippen molar-refractivity contribution in [2.24, 2.45) is 0 Å². The lowest BCUT2D eigenvalue weighted by atomic mass is 10.0. The van der Waals surface area contributed by atoms with Crippen LogP contribution in [0, 0.1) is 6.92 Å². The molecular formula is C23H26N6O2. The Bertz CT molecular complexity index is 1090. The molecule has 3 aromatic rings. The number of anilines is 2.